The van der Waals surface area contributed by atoms with Crippen LogP contribution in [0.25, 0.3) is 16.8 Å². The molecule has 1 aromatic carbocycles. The molecule has 0 saturated carbocycles. The van der Waals surface area contributed by atoms with Crippen molar-refractivity contribution in [3.8, 4) is 11.1 Å². The zero-order valence-electron chi connectivity index (χ0n) is 11.2. The van der Waals surface area contributed by atoms with E-state index in [0.717, 1.165) is 16.8 Å². The maximum atomic E-state index is 13.0. The Morgan fingerprint density at radius 1 is 1.25 bits per heavy atom. The second-order valence-corrected chi connectivity index (χ2v) is 5.04. The van der Waals surface area contributed by atoms with E-state index < -0.39 is 0 Å². The molecule has 4 nitrogen and oxygen atoms in total. The lowest BCUT2D eigenvalue weighted by Gasteiger charge is -2.06. The van der Waals surface area contributed by atoms with Gasteiger partial charge in [-0.15, -0.1) is 0 Å². The number of nitrogens with one attached hydrogen (secondary N) is 1. The van der Waals surface area contributed by atoms with Gasteiger partial charge in [0.05, 0.1) is 6.20 Å². The van der Waals surface area contributed by atoms with Crippen molar-refractivity contribution in [3.05, 3.63) is 58.4 Å². The van der Waals surface area contributed by atoms with Crippen molar-refractivity contribution in [2.24, 2.45) is 0 Å². The average Bonchev–Trinajstić information content (AvgIpc) is 2.84. The van der Waals surface area contributed by atoms with Gasteiger partial charge in [-0.1, -0.05) is 26.0 Å². The molecule has 3 aromatic rings. The first-order valence-electron chi connectivity index (χ1n) is 6.43. The van der Waals surface area contributed by atoms with Crippen molar-refractivity contribution in [2.45, 2.75) is 19.8 Å². The number of halogens is 1. The summed E-state index contributed by atoms with van der Waals surface area (Å²) in [5, 5.41) is 4.10. The van der Waals surface area contributed by atoms with Gasteiger partial charge in [0, 0.05) is 17.3 Å². The summed E-state index contributed by atoms with van der Waals surface area (Å²) in [4.78, 5) is 15.3. The van der Waals surface area contributed by atoms with E-state index in [0.29, 0.717) is 5.65 Å². The van der Waals surface area contributed by atoms with Crippen molar-refractivity contribution in [1.29, 1.82) is 0 Å². The van der Waals surface area contributed by atoms with Gasteiger partial charge >= 0.3 is 0 Å². The van der Waals surface area contributed by atoms with Gasteiger partial charge in [0.25, 0.3) is 5.56 Å². The molecule has 3 rings (SSSR count). The van der Waals surface area contributed by atoms with Crippen LogP contribution in [0.2, 0.25) is 0 Å². The third-order valence-electron chi connectivity index (χ3n) is 3.30. The van der Waals surface area contributed by atoms with E-state index in [1.807, 2.05) is 13.8 Å². The Morgan fingerprint density at radius 3 is 2.60 bits per heavy atom. The SMILES string of the molecule is CC(C)c1cc(=O)n2ncc(-c3ccc(F)cc3)c2[nH]1. The van der Waals surface area contributed by atoms with E-state index in [9.17, 15) is 9.18 Å². The molecule has 0 radical (unpaired) electrons. The van der Waals surface area contributed by atoms with Gasteiger partial charge in [0.15, 0.2) is 0 Å². The second-order valence-electron chi connectivity index (χ2n) is 5.04. The molecule has 0 aliphatic rings. The van der Waals surface area contributed by atoms with Crippen LogP contribution in [0, 0.1) is 5.82 Å². The van der Waals surface area contributed by atoms with E-state index >= 15 is 0 Å². The molecule has 0 aliphatic carbocycles. The number of benzene rings is 1. The topological polar surface area (TPSA) is 50.2 Å². The molecule has 0 atom stereocenters. The minimum absolute atomic E-state index is 0.171. The smallest absolute Gasteiger partial charge is 0.274 e. The van der Waals surface area contributed by atoms with Gasteiger partial charge in [-0.05, 0) is 23.6 Å². The van der Waals surface area contributed by atoms with Crippen molar-refractivity contribution < 1.29 is 4.39 Å². The normalized spacial score (nSPS) is 11.4. The zero-order valence-corrected chi connectivity index (χ0v) is 11.2. The maximum absolute atomic E-state index is 13.0. The summed E-state index contributed by atoms with van der Waals surface area (Å²) in [6.45, 7) is 4.02. The highest BCUT2D eigenvalue weighted by molar-refractivity contribution is 5.76. The molecule has 0 spiro atoms. The minimum atomic E-state index is -0.290. The molecule has 102 valence electrons. The van der Waals surface area contributed by atoms with Crippen LogP contribution in [0.3, 0.4) is 0 Å². The molecule has 0 aliphatic heterocycles. The summed E-state index contributed by atoms with van der Waals surface area (Å²) < 4.78 is 14.3. The highest BCUT2D eigenvalue weighted by Gasteiger charge is 2.11. The van der Waals surface area contributed by atoms with E-state index in [4.69, 9.17) is 0 Å². The van der Waals surface area contributed by atoms with Crippen molar-refractivity contribution in [2.75, 3.05) is 0 Å². The summed E-state index contributed by atoms with van der Waals surface area (Å²) in [6.07, 6.45) is 1.62. The molecule has 5 heteroatoms. The van der Waals surface area contributed by atoms with Crippen molar-refractivity contribution >= 4 is 5.65 Å². The first-order chi connectivity index (χ1) is 9.56. The first-order valence-corrected chi connectivity index (χ1v) is 6.43. The lowest BCUT2D eigenvalue weighted by atomic mass is 10.1. The number of nitrogens with zero attached hydrogens (tertiary/aromatic N) is 2. The number of fused-ring (bicyclic) bond motifs is 1. The van der Waals surface area contributed by atoms with Crippen LogP contribution in [0.1, 0.15) is 25.5 Å². The summed E-state index contributed by atoms with van der Waals surface area (Å²) in [7, 11) is 0. The van der Waals surface area contributed by atoms with E-state index in [1.54, 1.807) is 24.4 Å². The zero-order chi connectivity index (χ0) is 14.3. The van der Waals surface area contributed by atoms with Gasteiger partial charge in [-0.25, -0.2) is 4.39 Å². The third-order valence-corrected chi connectivity index (χ3v) is 3.30. The maximum Gasteiger partial charge on any atom is 0.274 e. The predicted molar refractivity (Wildman–Crippen MR) is 75.3 cm³/mol. The van der Waals surface area contributed by atoms with Gasteiger partial charge in [-0.3, -0.25) is 4.79 Å². The van der Waals surface area contributed by atoms with Crippen LogP contribution in [0.15, 0.2) is 41.3 Å². The van der Waals surface area contributed by atoms with Crippen molar-refractivity contribution in [1.82, 2.24) is 14.6 Å². The van der Waals surface area contributed by atoms with Gasteiger partial charge < -0.3 is 4.98 Å². The lowest BCUT2D eigenvalue weighted by Crippen LogP contribution is -2.16. The Kier molecular flexibility index (Phi) is 2.89. The third kappa shape index (κ3) is 2.01. The molecule has 2 heterocycles. The fourth-order valence-electron chi connectivity index (χ4n) is 2.15. The van der Waals surface area contributed by atoms with E-state index in [1.165, 1.54) is 16.6 Å². The molecule has 0 saturated heterocycles. The molecular weight excluding hydrogens is 257 g/mol. The highest BCUT2D eigenvalue weighted by atomic mass is 19.1. The van der Waals surface area contributed by atoms with Crippen LogP contribution < -0.4 is 5.56 Å². The molecule has 0 amide bonds. The van der Waals surface area contributed by atoms with Gasteiger partial charge in [-0.2, -0.15) is 9.61 Å². The fourth-order valence-corrected chi connectivity index (χ4v) is 2.15. The number of rotatable bonds is 2. The fraction of sp³-hybridized carbons (Fsp3) is 0.200. The van der Waals surface area contributed by atoms with Crippen LogP contribution in [0.5, 0.6) is 0 Å². The minimum Gasteiger partial charge on any atom is -0.343 e. The number of hydrogen-bond acceptors (Lipinski definition) is 2. The summed E-state index contributed by atoms with van der Waals surface area (Å²) in [5.41, 5.74) is 2.91. The van der Waals surface area contributed by atoms with E-state index in [-0.39, 0.29) is 17.3 Å². The second kappa shape index (κ2) is 4.59. The molecular formula is C15H14FN3O. The van der Waals surface area contributed by atoms with Crippen LogP contribution in [-0.2, 0) is 0 Å². The number of aromatic nitrogens is 3. The number of aromatic amines is 1. The van der Waals surface area contributed by atoms with Gasteiger partial charge in [0.2, 0.25) is 0 Å². The average molecular weight is 271 g/mol. The summed E-state index contributed by atoms with van der Waals surface area (Å²) >= 11 is 0. The van der Waals surface area contributed by atoms with E-state index in [2.05, 4.69) is 10.1 Å². The van der Waals surface area contributed by atoms with Crippen LogP contribution in [0.4, 0.5) is 4.39 Å². The Hall–Kier alpha value is -2.43. The van der Waals surface area contributed by atoms with Crippen LogP contribution >= 0.6 is 0 Å². The highest BCUT2D eigenvalue weighted by Crippen LogP contribution is 2.23. The Labute approximate surface area is 114 Å². The predicted octanol–water partition coefficient (Wildman–Crippen LogP) is 2.95. The monoisotopic (exact) mass is 271 g/mol. The summed E-state index contributed by atoms with van der Waals surface area (Å²) in [5.74, 6) is -0.0785. The van der Waals surface area contributed by atoms with Gasteiger partial charge in [0.1, 0.15) is 11.5 Å². The molecule has 2 aromatic heterocycles. The first kappa shape index (κ1) is 12.6. The van der Waals surface area contributed by atoms with Crippen LogP contribution in [-0.4, -0.2) is 14.6 Å². The lowest BCUT2D eigenvalue weighted by molar-refractivity contribution is 0.628. The summed E-state index contributed by atoms with van der Waals surface area (Å²) in [6, 6.07) is 7.69. The molecule has 20 heavy (non-hydrogen) atoms. The number of H-pyrrole nitrogens is 1. The Balaban J connectivity index is 2.26. The molecule has 0 unspecified atom stereocenters. The van der Waals surface area contributed by atoms with Crippen molar-refractivity contribution in [3.63, 3.8) is 0 Å². The quantitative estimate of drug-likeness (QED) is 0.779. The molecule has 0 bridgehead atoms. The molecule has 0 fully saturated rings. The largest absolute Gasteiger partial charge is 0.343 e. The standard InChI is InChI=1S/C15H14FN3O/c1-9(2)13-7-14(20)19-15(18-13)12(8-17-19)10-3-5-11(16)6-4-10/h3-9,18H,1-2H3. The Bertz CT molecular complexity index is 815. The molecule has 1 N–H and O–H groups in total. The number of hydrogen-bond donors (Lipinski definition) is 1. The Morgan fingerprint density at radius 2 is 1.95 bits per heavy atom.